The number of carbonyl (C=O) groups is 3. The van der Waals surface area contributed by atoms with Crippen molar-refractivity contribution in [3.63, 3.8) is 0 Å². The summed E-state index contributed by atoms with van der Waals surface area (Å²) in [7, 11) is 2.79. The standard InChI is InChI=1S/C26H29Cl2N3O4/c1-25(2,3)13-19-26(17-10-9-16(28)12-18(17)30-23(26)33)20(14-7-6-8-15(27)11-14)21(22(32)29-4)31(19)24(34)35-5/h6-12,19-21H,13H2,1-5H3,(H,29,32)(H,30,33)/t19-,20?,21-,26+/m1/s1. The fourth-order valence-electron chi connectivity index (χ4n) is 5.75. The van der Waals surface area contributed by atoms with Crippen LogP contribution in [-0.2, 0) is 19.7 Å². The van der Waals surface area contributed by atoms with Crippen molar-refractivity contribution < 1.29 is 19.1 Å². The van der Waals surface area contributed by atoms with Crippen molar-refractivity contribution in [3.05, 3.63) is 63.6 Å². The minimum atomic E-state index is -1.29. The van der Waals surface area contributed by atoms with Gasteiger partial charge in [-0.3, -0.25) is 14.5 Å². The molecule has 35 heavy (non-hydrogen) atoms. The number of hydrogen-bond donors (Lipinski definition) is 2. The van der Waals surface area contributed by atoms with E-state index in [-0.39, 0.29) is 11.3 Å². The van der Waals surface area contributed by atoms with Gasteiger partial charge in [0, 0.05) is 28.7 Å². The number of nitrogens with zero attached hydrogens (tertiary/aromatic N) is 1. The Morgan fingerprint density at radius 2 is 1.83 bits per heavy atom. The predicted molar refractivity (Wildman–Crippen MR) is 136 cm³/mol. The molecule has 1 saturated heterocycles. The monoisotopic (exact) mass is 517 g/mol. The fraction of sp³-hybridized carbons (Fsp3) is 0.423. The molecular weight excluding hydrogens is 489 g/mol. The summed E-state index contributed by atoms with van der Waals surface area (Å²) >= 11 is 12.7. The predicted octanol–water partition coefficient (Wildman–Crippen LogP) is 4.97. The molecule has 0 saturated carbocycles. The van der Waals surface area contributed by atoms with Gasteiger partial charge in [-0.25, -0.2) is 4.79 Å². The topological polar surface area (TPSA) is 87.7 Å². The van der Waals surface area contributed by atoms with Crippen molar-refractivity contribution in [3.8, 4) is 0 Å². The number of hydrogen-bond acceptors (Lipinski definition) is 4. The van der Waals surface area contributed by atoms with Crippen LogP contribution in [0.25, 0.3) is 0 Å². The van der Waals surface area contributed by atoms with Crippen LogP contribution in [0.1, 0.15) is 44.2 Å². The number of ether oxygens (including phenoxy) is 1. The first-order valence-corrected chi connectivity index (χ1v) is 12.2. The first-order valence-electron chi connectivity index (χ1n) is 11.4. The summed E-state index contributed by atoms with van der Waals surface area (Å²) in [6.07, 6.45) is -0.241. The smallest absolute Gasteiger partial charge is 0.410 e. The van der Waals surface area contributed by atoms with E-state index in [1.807, 2.05) is 32.9 Å². The first kappa shape index (κ1) is 25.3. The van der Waals surface area contributed by atoms with Gasteiger partial charge in [0.1, 0.15) is 11.5 Å². The van der Waals surface area contributed by atoms with Crippen LogP contribution in [0.4, 0.5) is 10.5 Å². The second-order valence-corrected chi connectivity index (χ2v) is 11.1. The molecule has 2 aliphatic heterocycles. The quantitative estimate of drug-likeness (QED) is 0.601. The van der Waals surface area contributed by atoms with Crippen molar-refractivity contribution in [2.75, 3.05) is 19.5 Å². The summed E-state index contributed by atoms with van der Waals surface area (Å²) in [5.41, 5.74) is 0.343. The van der Waals surface area contributed by atoms with Gasteiger partial charge >= 0.3 is 6.09 Å². The number of rotatable bonds is 3. The Morgan fingerprint density at radius 3 is 2.43 bits per heavy atom. The normalized spacial score (nSPS) is 25.4. The van der Waals surface area contributed by atoms with Gasteiger partial charge in [0.2, 0.25) is 11.8 Å². The highest BCUT2D eigenvalue weighted by molar-refractivity contribution is 6.31. The third-order valence-electron chi connectivity index (χ3n) is 6.93. The number of halogens is 2. The van der Waals surface area contributed by atoms with Crippen LogP contribution in [0.3, 0.4) is 0 Å². The van der Waals surface area contributed by atoms with E-state index in [1.165, 1.54) is 19.1 Å². The number of amides is 3. The van der Waals surface area contributed by atoms with Gasteiger partial charge in [0.25, 0.3) is 0 Å². The van der Waals surface area contributed by atoms with E-state index in [1.54, 1.807) is 30.3 Å². The summed E-state index contributed by atoms with van der Waals surface area (Å²) in [6.45, 7) is 6.11. The molecule has 4 atom stereocenters. The van der Waals surface area contributed by atoms with Gasteiger partial charge in [-0.1, -0.05) is 62.2 Å². The SMILES string of the molecule is CNC(=O)[C@H]1C(c2cccc(Cl)c2)[C@@]2(C(=O)Nc3cc(Cl)ccc32)[C@@H](CC(C)(C)C)N1C(=O)OC. The van der Waals surface area contributed by atoms with Crippen molar-refractivity contribution in [1.29, 1.82) is 0 Å². The van der Waals surface area contributed by atoms with E-state index >= 15 is 0 Å². The lowest BCUT2D eigenvalue weighted by molar-refractivity contribution is -0.125. The average molecular weight is 518 g/mol. The molecule has 2 aliphatic rings. The fourth-order valence-corrected chi connectivity index (χ4v) is 6.13. The lowest BCUT2D eigenvalue weighted by atomic mass is 9.62. The number of likely N-dealkylation sites (tertiary alicyclic amines) is 1. The van der Waals surface area contributed by atoms with E-state index in [0.717, 1.165) is 0 Å². The maximum absolute atomic E-state index is 14.1. The molecule has 1 spiro atoms. The van der Waals surface area contributed by atoms with Gasteiger partial charge in [0.15, 0.2) is 0 Å². The Balaban J connectivity index is 2.12. The van der Waals surface area contributed by atoms with Crippen LogP contribution in [0, 0.1) is 5.41 Å². The van der Waals surface area contributed by atoms with E-state index in [4.69, 9.17) is 27.9 Å². The van der Waals surface area contributed by atoms with Gasteiger partial charge in [-0.2, -0.15) is 0 Å². The molecule has 0 aromatic heterocycles. The van der Waals surface area contributed by atoms with E-state index in [2.05, 4.69) is 10.6 Å². The zero-order chi connectivity index (χ0) is 25.7. The zero-order valence-electron chi connectivity index (χ0n) is 20.3. The van der Waals surface area contributed by atoms with Gasteiger partial charge in [-0.05, 0) is 47.2 Å². The number of likely N-dealkylation sites (N-methyl/N-ethyl adjacent to an activating group) is 1. The molecule has 0 bridgehead atoms. The zero-order valence-corrected chi connectivity index (χ0v) is 21.8. The summed E-state index contributed by atoms with van der Waals surface area (Å²) < 4.78 is 5.18. The maximum Gasteiger partial charge on any atom is 0.410 e. The summed E-state index contributed by atoms with van der Waals surface area (Å²) in [5.74, 6) is -1.43. The van der Waals surface area contributed by atoms with Crippen molar-refractivity contribution in [2.24, 2.45) is 5.41 Å². The van der Waals surface area contributed by atoms with E-state index in [9.17, 15) is 14.4 Å². The molecule has 186 valence electrons. The van der Waals surface area contributed by atoms with Crippen LogP contribution in [0.5, 0.6) is 0 Å². The maximum atomic E-state index is 14.1. The van der Waals surface area contributed by atoms with Gasteiger partial charge < -0.3 is 15.4 Å². The average Bonchev–Trinajstić information content (AvgIpc) is 3.23. The third-order valence-corrected chi connectivity index (χ3v) is 7.40. The summed E-state index contributed by atoms with van der Waals surface area (Å²) in [5, 5.41) is 6.62. The number of methoxy groups -OCH3 is 1. The third kappa shape index (κ3) is 4.04. The molecule has 9 heteroatoms. The summed E-state index contributed by atoms with van der Waals surface area (Å²) in [6, 6.07) is 10.6. The molecule has 7 nitrogen and oxygen atoms in total. The van der Waals surface area contributed by atoms with Crippen molar-refractivity contribution in [2.45, 2.75) is 50.6 Å². The van der Waals surface area contributed by atoms with Crippen LogP contribution < -0.4 is 10.6 Å². The first-order chi connectivity index (χ1) is 16.4. The second kappa shape index (κ2) is 9.03. The largest absolute Gasteiger partial charge is 0.453 e. The number of carbonyl (C=O) groups excluding carboxylic acids is 3. The Kier molecular flexibility index (Phi) is 6.53. The lowest BCUT2D eigenvalue weighted by Gasteiger charge is -2.39. The molecule has 2 N–H and O–H groups in total. The molecule has 0 aliphatic carbocycles. The van der Waals surface area contributed by atoms with Gasteiger partial charge in [0.05, 0.1) is 13.2 Å². The second-order valence-electron chi connectivity index (χ2n) is 10.3. The molecular formula is C26H29Cl2N3O4. The Bertz CT molecular complexity index is 1200. The van der Waals surface area contributed by atoms with Crippen molar-refractivity contribution in [1.82, 2.24) is 10.2 Å². The molecule has 3 amide bonds. The Morgan fingerprint density at radius 1 is 1.14 bits per heavy atom. The Hall–Kier alpha value is -2.77. The lowest BCUT2D eigenvalue weighted by Crippen LogP contribution is -2.52. The number of nitrogens with one attached hydrogen (secondary N) is 2. The molecule has 2 aromatic carbocycles. The molecule has 1 fully saturated rings. The number of benzene rings is 2. The molecule has 0 radical (unpaired) electrons. The highest BCUT2D eigenvalue weighted by Gasteiger charge is 2.70. The van der Waals surface area contributed by atoms with Crippen LogP contribution >= 0.6 is 23.2 Å². The van der Waals surface area contributed by atoms with Crippen LogP contribution in [0.2, 0.25) is 10.0 Å². The summed E-state index contributed by atoms with van der Waals surface area (Å²) in [4.78, 5) is 42.4. The minimum absolute atomic E-state index is 0.296. The highest BCUT2D eigenvalue weighted by Crippen LogP contribution is 2.60. The Labute approximate surface area is 215 Å². The van der Waals surface area contributed by atoms with Gasteiger partial charge in [-0.15, -0.1) is 0 Å². The van der Waals surface area contributed by atoms with Crippen LogP contribution in [-0.4, -0.2) is 49.0 Å². The number of fused-ring (bicyclic) bond motifs is 2. The molecule has 2 aromatic rings. The van der Waals surface area contributed by atoms with E-state index < -0.39 is 35.4 Å². The highest BCUT2D eigenvalue weighted by atomic mass is 35.5. The number of anilines is 1. The van der Waals surface area contributed by atoms with E-state index in [0.29, 0.717) is 33.3 Å². The molecule has 1 unspecified atom stereocenters. The molecule has 2 heterocycles. The molecule has 4 rings (SSSR count). The van der Waals surface area contributed by atoms with Crippen LogP contribution in [0.15, 0.2) is 42.5 Å². The minimum Gasteiger partial charge on any atom is -0.453 e. The van der Waals surface area contributed by atoms with Crippen molar-refractivity contribution >= 4 is 46.8 Å².